The molecule has 9 heteroatoms. The first-order chi connectivity index (χ1) is 21.7. The van der Waals surface area contributed by atoms with Crippen LogP contribution in [0.5, 0.6) is 0 Å². The number of carbonyl (C=O) groups excluding carboxylic acids is 4. The topological polar surface area (TPSA) is 90.5 Å². The van der Waals surface area contributed by atoms with E-state index < -0.39 is 6.09 Å². The molecule has 1 unspecified atom stereocenters. The second-order valence-electron chi connectivity index (χ2n) is 13.3. The minimum Gasteiger partial charge on any atom is -0.449 e. The Morgan fingerprint density at radius 3 is 1.62 bits per heavy atom. The van der Waals surface area contributed by atoms with Crippen molar-refractivity contribution in [3.05, 3.63) is 0 Å². The van der Waals surface area contributed by atoms with Crippen molar-refractivity contribution in [3.63, 3.8) is 0 Å². The number of ether oxygens (including phenoxy) is 1. The second kappa shape index (κ2) is 26.0. The van der Waals surface area contributed by atoms with Gasteiger partial charge in [0.25, 0.3) is 0 Å². The molecule has 1 heterocycles. The predicted octanol–water partition coefficient (Wildman–Crippen LogP) is 8.40. The van der Waals surface area contributed by atoms with Gasteiger partial charge in [-0.2, -0.15) is 0 Å². The number of hydrogen-bond acceptors (Lipinski definition) is 6. The SMILES string of the molecule is CCCCCCCCCCCCCCCCCCN(C(C)=O)C(=O)N1CCCCC1CCOC(=O)N(CCCN(C)C)C(C)=O. The van der Waals surface area contributed by atoms with E-state index in [0.717, 1.165) is 50.0 Å². The van der Waals surface area contributed by atoms with Crippen LogP contribution in [-0.4, -0.2) is 96.5 Å². The number of urea groups is 1. The van der Waals surface area contributed by atoms with Crippen LogP contribution in [0.3, 0.4) is 0 Å². The lowest BCUT2D eigenvalue weighted by Crippen LogP contribution is -2.52. The largest absolute Gasteiger partial charge is 0.449 e. The quantitative estimate of drug-likeness (QED) is 0.0989. The molecule has 0 N–H and O–H groups in total. The average Bonchev–Trinajstić information content (AvgIpc) is 3.00. The number of carbonyl (C=O) groups is 4. The standard InChI is InChI=1S/C36H68N4O5/c1-6-7-8-9-10-11-12-13-14-15-16-17-18-19-20-22-28-38(32(2)41)35(43)40-29-23-21-25-34(40)26-31-45-36(44)39(33(3)42)30-24-27-37(4)5/h34H,6-31H2,1-5H3. The van der Waals surface area contributed by atoms with E-state index in [-0.39, 0.29) is 30.5 Å². The summed E-state index contributed by atoms with van der Waals surface area (Å²) >= 11 is 0. The third-order valence-corrected chi connectivity index (χ3v) is 8.98. The van der Waals surface area contributed by atoms with Crippen LogP contribution in [0, 0.1) is 0 Å². The molecule has 5 amide bonds. The van der Waals surface area contributed by atoms with Crippen LogP contribution in [0.1, 0.15) is 156 Å². The van der Waals surface area contributed by atoms with Crippen LogP contribution in [0.15, 0.2) is 0 Å². The van der Waals surface area contributed by atoms with Gasteiger partial charge in [0, 0.05) is 45.9 Å². The van der Waals surface area contributed by atoms with Gasteiger partial charge in [0.05, 0.1) is 6.61 Å². The van der Waals surface area contributed by atoms with Gasteiger partial charge in [0.1, 0.15) is 0 Å². The average molecular weight is 637 g/mol. The number of rotatable bonds is 24. The van der Waals surface area contributed by atoms with E-state index in [1.165, 1.54) is 102 Å². The highest BCUT2D eigenvalue weighted by molar-refractivity contribution is 5.93. The summed E-state index contributed by atoms with van der Waals surface area (Å²) in [6.45, 7) is 7.37. The Bertz CT molecular complexity index is 821. The molecule has 262 valence electrons. The number of piperidine rings is 1. The van der Waals surface area contributed by atoms with Gasteiger partial charge in [-0.3, -0.25) is 14.5 Å². The van der Waals surface area contributed by atoms with E-state index >= 15 is 0 Å². The molecule has 0 aromatic rings. The van der Waals surface area contributed by atoms with Crippen LogP contribution in [0.4, 0.5) is 9.59 Å². The maximum absolute atomic E-state index is 13.5. The van der Waals surface area contributed by atoms with Crippen LogP contribution >= 0.6 is 0 Å². The summed E-state index contributed by atoms with van der Waals surface area (Å²) in [5.74, 6) is -0.550. The van der Waals surface area contributed by atoms with Crippen molar-refractivity contribution in [2.24, 2.45) is 0 Å². The smallest absolute Gasteiger partial charge is 0.416 e. The second-order valence-corrected chi connectivity index (χ2v) is 13.3. The minimum atomic E-state index is -0.635. The highest BCUT2D eigenvalue weighted by atomic mass is 16.6. The van der Waals surface area contributed by atoms with E-state index in [1.54, 1.807) is 4.90 Å². The fourth-order valence-electron chi connectivity index (χ4n) is 6.20. The Kier molecular flexibility index (Phi) is 23.6. The maximum Gasteiger partial charge on any atom is 0.416 e. The first-order valence-corrected chi connectivity index (χ1v) is 18.4. The molecule has 0 spiro atoms. The number of likely N-dealkylation sites (tertiary alicyclic amines) is 1. The summed E-state index contributed by atoms with van der Waals surface area (Å²) in [6, 6.07) is -0.320. The first kappa shape index (κ1) is 40.9. The van der Waals surface area contributed by atoms with E-state index in [4.69, 9.17) is 4.74 Å². The van der Waals surface area contributed by atoms with Crippen LogP contribution in [0.2, 0.25) is 0 Å². The fraction of sp³-hybridized carbons (Fsp3) is 0.889. The molecule has 0 aromatic carbocycles. The molecular weight excluding hydrogens is 568 g/mol. The molecule has 0 saturated carbocycles. The molecule has 0 aliphatic carbocycles. The van der Waals surface area contributed by atoms with Crippen LogP contribution in [0.25, 0.3) is 0 Å². The van der Waals surface area contributed by atoms with E-state index in [2.05, 4.69) is 6.92 Å². The lowest BCUT2D eigenvalue weighted by atomic mass is 10.00. The van der Waals surface area contributed by atoms with E-state index in [0.29, 0.717) is 32.5 Å². The van der Waals surface area contributed by atoms with Gasteiger partial charge in [-0.05, 0) is 52.7 Å². The van der Waals surface area contributed by atoms with Gasteiger partial charge >= 0.3 is 12.1 Å². The number of imide groups is 2. The summed E-state index contributed by atoms with van der Waals surface area (Å²) in [5, 5.41) is 0. The summed E-state index contributed by atoms with van der Waals surface area (Å²) in [5.41, 5.74) is 0. The maximum atomic E-state index is 13.5. The minimum absolute atomic E-state index is 0.0915. The highest BCUT2D eigenvalue weighted by Crippen LogP contribution is 2.22. The molecule has 1 aliphatic rings. The Hall–Kier alpha value is -2.16. The zero-order chi connectivity index (χ0) is 33.3. The number of nitrogens with zero attached hydrogens (tertiary/aromatic N) is 4. The molecule has 1 aliphatic heterocycles. The molecule has 9 nitrogen and oxygen atoms in total. The normalized spacial score (nSPS) is 14.9. The molecule has 1 atom stereocenters. The van der Waals surface area contributed by atoms with Crippen molar-refractivity contribution in [2.75, 3.05) is 46.9 Å². The van der Waals surface area contributed by atoms with Gasteiger partial charge in [0.2, 0.25) is 11.8 Å². The zero-order valence-electron chi connectivity index (χ0n) is 29.8. The van der Waals surface area contributed by atoms with Crippen molar-refractivity contribution in [1.82, 2.24) is 19.6 Å². The van der Waals surface area contributed by atoms with Gasteiger partial charge in [0.15, 0.2) is 0 Å². The monoisotopic (exact) mass is 637 g/mol. The Labute approximate surface area is 275 Å². The number of amides is 5. The lowest BCUT2D eigenvalue weighted by molar-refractivity contribution is -0.127. The fourth-order valence-corrected chi connectivity index (χ4v) is 6.20. The van der Waals surface area contributed by atoms with Crippen molar-refractivity contribution in [3.8, 4) is 0 Å². The first-order valence-electron chi connectivity index (χ1n) is 18.4. The van der Waals surface area contributed by atoms with E-state index in [1.807, 2.05) is 19.0 Å². The van der Waals surface area contributed by atoms with Crippen molar-refractivity contribution < 1.29 is 23.9 Å². The molecule has 0 bridgehead atoms. The Morgan fingerprint density at radius 2 is 1.13 bits per heavy atom. The Morgan fingerprint density at radius 1 is 0.644 bits per heavy atom. The number of unbranched alkanes of at least 4 members (excludes halogenated alkanes) is 15. The molecule has 1 saturated heterocycles. The van der Waals surface area contributed by atoms with Crippen molar-refractivity contribution >= 4 is 23.9 Å². The van der Waals surface area contributed by atoms with E-state index in [9.17, 15) is 19.2 Å². The van der Waals surface area contributed by atoms with Crippen molar-refractivity contribution in [1.29, 1.82) is 0 Å². The molecule has 1 rings (SSSR count). The third-order valence-electron chi connectivity index (χ3n) is 8.98. The van der Waals surface area contributed by atoms with Crippen LogP contribution < -0.4 is 0 Å². The summed E-state index contributed by atoms with van der Waals surface area (Å²) < 4.78 is 5.46. The summed E-state index contributed by atoms with van der Waals surface area (Å²) in [6.07, 6.45) is 23.8. The van der Waals surface area contributed by atoms with Gasteiger partial charge < -0.3 is 14.5 Å². The summed E-state index contributed by atoms with van der Waals surface area (Å²) in [7, 11) is 3.89. The van der Waals surface area contributed by atoms with Gasteiger partial charge in [-0.1, -0.05) is 103 Å². The molecular formula is C36H68N4O5. The zero-order valence-corrected chi connectivity index (χ0v) is 29.8. The summed E-state index contributed by atoms with van der Waals surface area (Å²) in [4.78, 5) is 56.8. The van der Waals surface area contributed by atoms with Crippen LogP contribution in [-0.2, 0) is 14.3 Å². The van der Waals surface area contributed by atoms with Gasteiger partial charge in [-0.25, -0.2) is 14.5 Å². The molecule has 0 radical (unpaired) electrons. The molecule has 45 heavy (non-hydrogen) atoms. The molecule has 0 aromatic heterocycles. The molecule has 1 fully saturated rings. The lowest BCUT2D eigenvalue weighted by Gasteiger charge is -2.38. The number of hydrogen-bond donors (Lipinski definition) is 0. The van der Waals surface area contributed by atoms with Gasteiger partial charge in [-0.15, -0.1) is 0 Å². The Balaban J connectivity index is 2.32. The predicted molar refractivity (Wildman–Crippen MR) is 183 cm³/mol. The third kappa shape index (κ3) is 19.2. The highest BCUT2D eigenvalue weighted by Gasteiger charge is 2.32. The van der Waals surface area contributed by atoms with Crippen molar-refractivity contribution in [2.45, 2.75) is 162 Å².